The van der Waals surface area contributed by atoms with E-state index in [9.17, 15) is 0 Å². The number of rotatable bonds is 0. The minimum atomic E-state index is -0.119. The fourth-order valence-corrected chi connectivity index (χ4v) is 1.07. The van der Waals surface area contributed by atoms with E-state index in [1.807, 2.05) is 18.2 Å². The van der Waals surface area contributed by atoms with E-state index in [1.165, 1.54) is 0 Å². The average Bonchev–Trinajstić information content (AvgIpc) is 1.65. The Labute approximate surface area is 62.8 Å². The van der Waals surface area contributed by atoms with Crippen molar-refractivity contribution in [3.05, 3.63) is 24.3 Å². The second kappa shape index (κ2) is 2.19. The summed E-state index contributed by atoms with van der Waals surface area (Å²) < 4.78 is -0.119. The van der Waals surface area contributed by atoms with Crippen LogP contribution in [0.4, 0.5) is 0 Å². The highest BCUT2D eigenvalue weighted by molar-refractivity contribution is 14.1. The number of alkyl halides is 1. The van der Waals surface area contributed by atoms with Gasteiger partial charge < -0.3 is 5.73 Å². The quantitative estimate of drug-likeness (QED) is 0.375. The van der Waals surface area contributed by atoms with Crippen molar-refractivity contribution in [3.63, 3.8) is 0 Å². The van der Waals surface area contributed by atoms with Gasteiger partial charge in [-0.25, -0.2) is 0 Å². The van der Waals surface area contributed by atoms with Crippen molar-refractivity contribution in [3.8, 4) is 0 Å². The second-order valence-electron chi connectivity index (χ2n) is 1.92. The van der Waals surface area contributed by atoms with Gasteiger partial charge in [0.25, 0.3) is 0 Å². The van der Waals surface area contributed by atoms with Crippen LogP contribution in [0.2, 0.25) is 0 Å². The minimum absolute atomic E-state index is 0.119. The number of hydrogen-bond donors (Lipinski definition) is 1. The van der Waals surface area contributed by atoms with E-state index >= 15 is 0 Å². The van der Waals surface area contributed by atoms with Gasteiger partial charge in [-0.2, -0.15) is 0 Å². The highest BCUT2D eigenvalue weighted by Gasteiger charge is 2.14. The predicted molar refractivity (Wildman–Crippen MR) is 43.8 cm³/mol. The Bertz CT molecular complexity index is 135. The predicted octanol–water partition coefficient (Wildman–Crippen LogP) is 1.59. The van der Waals surface area contributed by atoms with Crippen molar-refractivity contribution in [2.75, 3.05) is 0 Å². The first kappa shape index (κ1) is 6.29. The summed E-state index contributed by atoms with van der Waals surface area (Å²) in [6, 6.07) is 0. The molecule has 0 saturated carbocycles. The molecule has 1 nitrogen and oxygen atoms in total. The number of allylic oxidation sites excluding steroid dienone is 2. The van der Waals surface area contributed by atoms with Crippen LogP contribution in [0.5, 0.6) is 0 Å². The van der Waals surface area contributed by atoms with Crippen molar-refractivity contribution in [2.24, 2.45) is 5.73 Å². The molecule has 1 unspecified atom stereocenters. The molecule has 8 heavy (non-hydrogen) atoms. The van der Waals surface area contributed by atoms with E-state index in [-0.39, 0.29) is 3.55 Å². The molecule has 2 heteroatoms. The fourth-order valence-electron chi connectivity index (χ4n) is 0.611. The van der Waals surface area contributed by atoms with Crippen LogP contribution in [0.25, 0.3) is 0 Å². The third-order valence-corrected chi connectivity index (χ3v) is 1.85. The Morgan fingerprint density at radius 3 is 2.50 bits per heavy atom. The van der Waals surface area contributed by atoms with E-state index in [0.29, 0.717) is 0 Å². The molecule has 1 aliphatic carbocycles. The molecular weight excluding hydrogens is 213 g/mol. The lowest BCUT2D eigenvalue weighted by atomic mass is 10.1. The van der Waals surface area contributed by atoms with Crippen LogP contribution in [0.3, 0.4) is 0 Å². The molecule has 0 aromatic rings. The first-order chi connectivity index (χ1) is 3.71. The molecule has 1 rings (SSSR count). The van der Waals surface area contributed by atoms with E-state index < -0.39 is 0 Å². The van der Waals surface area contributed by atoms with Crippen molar-refractivity contribution in [1.29, 1.82) is 0 Å². The van der Waals surface area contributed by atoms with Crippen LogP contribution in [0.15, 0.2) is 24.3 Å². The third-order valence-electron chi connectivity index (χ3n) is 1.05. The van der Waals surface area contributed by atoms with Crippen LogP contribution in [0.1, 0.15) is 6.42 Å². The Morgan fingerprint density at radius 1 is 1.50 bits per heavy atom. The molecule has 0 heterocycles. The summed E-state index contributed by atoms with van der Waals surface area (Å²) in [5.74, 6) is 0. The van der Waals surface area contributed by atoms with Crippen LogP contribution in [-0.2, 0) is 0 Å². The highest BCUT2D eigenvalue weighted by atomic mass is 127. The van der Waals surface area contributed by atoms with Gasteiger partial charge in [0.1, 0.15) is 0 Å². The molecule has 0 aliphatic heterocycles. The maximum Gasteiger partial charge on any atom is 0.0903 e. The second-order valence-corrected chi connectivity index (χ2v) is 3.93. The van der Waals surface area contributed by atoms with Gasteiger partial charge in [-0.1, -0.05) is 46.9 Å². The first-order valence-corrected chi connectivity index (χ1v) is 3.61. The fraction of sp³-hybridized carbons (Fsp3) is 0.333. The van der Waals surface area contributed by atoms with Gasteiger partial charge in [0, 0.05) is 0 Å². The molecule has 0 radical (unpaired) electrons. The zero-order valence-corrected chi connectivity index (χ0v) is 6.63. The molecule has 0 amide bonds. The maximum absolute atomic E-state index is 5.73. The molecule has 0 bridgehead atoms. The normalized spacial score (nSPS) is 35.8. The summed E-state index contributed by atoms with van der Waals surface area (Å²) in [6.07, 6.45) is 9.03. The molecule has 0 saturated heterocycles. The van der Waals surface area contributed by atoms with E-state index in [1.54, 1.807) is 0 Å². The Morgan fingerprint density at radius 2 is 2.25 bits per heavy atom. The summed E-state index contributed by atoms with van der Waals surface area (Å²) in [4.78, 5) is 0. The van der Waals surface area contributed by atoms with Gasteiger partial charge in [-0.15, -0.1) is 0 Å². The topological polar surface area (TPSA) is 26.0 Å². The van der Waals surface area contributed by atoms with E-state index in [2.05, 4.69) is 28.7 Å². The number of hydrogen-bond acceptors (Lipinski definition) is 1. The van der Waals surface area contributed by atoms with Crippen molar-refractivity contribution in [2.45, 2.75) is 9.97 Å². The average molecular weight is 221 g/mol. The number of nitrogens with two attached hydrogens (primary N) is 1. The molecule has 0 spiro atoms. The third kappa shape index (κ3) is 1.59. The zero-order valence-electron chi connectivity index (χ0n) is 4.47. The summed E-state index contributed by atoms with van der Waals surface area (Å²) >= 11 is 2.23. The number of halogens is 1. The Hall–Kier alpha value is 0.170. The summed E-state index contributed by atoms with van der Waals surface area (Å²) in [6.45, 7) is 0. The summed E-state index contributed by atoms with van der Waals surface area (Å²) in [5, 5.41) is 0. The smallest absolute Gasteiger partial charge is 0.0903 e. The van der Waals surface area contributed by atoms with Crippen LogP contribution in [0, 0.1) is 0 Å². The molecule has 0 aromatic heterocycles. The lowest BCUT2D eigenvalue weighted by Crippen LogP contribution is -2.29. The van der Waals surface area contributed by atoms with E-state index in [0.717, 1.165) is 6.42 Å². The molecule has 1 atom stereocenters. The largest absolute Gasteiger partial charge is 0.313 e. The van der Waals surface area contributed by atoms with Gasteiger partial charge in [0.05, 0.1) is 3.55 Å². The van der Waals surface area contributed by atoms with Crippen LogP contribution in [-0.4, -0.2) is 3.55 Å². The Kier molecular flexibility index (Phi) is 1.72. The minimum Gasteiger partial charge on any atom is -0.313 e. The van der Waals surface area contributed by atoms with Crippen LogP contribution < -0.4 is 5.73 Å². The standard InChI is InChI=1S/C6H8IN/c7-6(8)4-2-1-3-5-6/h1-4H,5,8H2. The van der Waals surface area contributed by atoms with Crippen LogP contribution >= 0.6 is 22.6 Å². The zero-order chi connectivity index (χ0) is 6.04. The monoisotopic (exact) mass is 221 g/mol. The first-order valence-electron chi connectivity index (χ1n) is 2.53. The molecule has 1 aliphatic rings. The highest BCUT2D eigenvalue weighted by Crippen LogP contribution is 2.21. The van der Waals surface area contributed by atoms with Gasteiger partial charge in [0.2, 0.25) is 0 Å². The van der Waals surface area contributed by atoms with E-state index in [4.69, 9.17) is 5.73 Å². The van der Waals surface area contributed by atoms with Gasteiger partial charge >= 0.3 is 0 Å². The van der Waals surface area contributed by atoms with Gasteiger partial charge in [-0.3, -0.25) is 0 Å². The molecule has 44 valence electrons. The molecular formula is C6H8IN. The SMILES string of the molecule is NC1(I)C=CC=CC1. The maximum atomic E-state index is 5.73. The molecule has 2 N–H and O–H groups in total. The van der Waals surface area contributed by atoms with Crippen molar-refractivity contribution >= 4 is 22.6 Å². The summed E-state index contributed by atoms with van der Waals surface area (Å²) in [5.41, 5.74) is 5.73. The lowest BCUT2D eigenvalue weighted by molar-refractivity contribution is 0.794. The van der Waals surface area contributed by atoms with Crippen molar-refractivity contribution < 1.29 is 0 Å². The molecule has 0 fully saturated rings. The molecule has 0 aromatic carbocycles. The van der Waals surface area contributed by atoms with Gasteiger partial charge in [0.15, 0.2) is 0 Å². The summed E-state index contributed by atoms with van der Waals surface area (Å²) in [7, 11) is 0. The van der Waals surface area contributed by atoms with Crippen molar-refractivity contribution in [1.82, 2.24) is 0 Å². The lowest BCUT2D eigenvalue weighted by Gasteiger charge is -2.17. The van der Waals surface area contributed by atoms with Gasteiger partial charge in [-0.05, 0) is 6.42 Å². The Balaban J connectivity index is 2.65.